The van der Waals surface area contributed by atoms with Crippen molar-refractivity contribution in [1.82, 2.24) is 9.80 Å². The van der Waals surface area contributed by atoms with Crippen LogP contribution in [0.15, 0.2) is 78.9 Å². The molecule has 1 aliphatic rings. The molecule has 222 valence electrons. The van der Waals surface area contributed by atoms with Crippen LogP contribution in [0.4, 0.5) is 32.0 Å². The molecule has 3 aromatic rings. The molecule has 1 heterocycles. The lowest BCUT2D eigenvalue weighted by Crippen LogP contribution is -2.57. The SMILES string of the molecule is CN(C)c1ccc(/C=C/C(=O)N2CCN(C(=O)c3cc(C(F)(F)F)cc(C(F)(F)F)c3)[C@H](Cc3ccccc3)C2)cc1. The normalized spacial score (nSPS) is 16.1. The molecule has 1 aliphatic heterocycles. The van der Waals surface area contributed by atoms with Gasteiger partial charge in [-0.25, -0.2) is 0 Å². The molecule has 1 saturated heterocycles. The number of piperazine rings is 1. The van der Waals surface area contributed by atoms with E-state index in [0.29, 0.717) is 12.1 Å². The van der Waals surface area contributed by atoms with E-state index in [1.54, 1.807) is 36.4 Å². The number of carbonyl (C=O) groups is 2. The predicted octanol–water partition coefficient (Wildman–Crippen LogP) is 6.40. The minimum Gasteiger partial charge on any atom is -0.378 e. The van der Waals surface area contributed by atoms with Gasteiger partial charge in [0.15, 0.2) is 0 Å². The van der Waals surface area contributed by atoms with Gasteiger partial charge in [-0.2, -0.15) is 26.3 Å². The Kier molecular flexibility index (Phi) is 8.98. The first kappa shape index (κ1) is 30.7. The maximum atomic E-state index is 13.5. The van der Waals surface area contributed by atoms with Crippen LogP contribution in [0.1, 0.15) is 32.6 Å². The first-order chi connectivity index (χ1) is 19.7. The van der Waals surface area contributed by atoms with Crippen LogP contribution < -0.4 is 4.90 Å². The van der Waals surface area contributed by atoms with Gasteiger partial charge >= 0.3 is 12.4 Å². The molecule has 0 aromatic heterocycles. The molecule has 0 unspecified atom stereocenters. The molecule has 11 heteroatoms. The Morgan fingerprint density at radius 2 is 1.45 bits per heavy atom. The second kappa shape index (κ2) is 12.3. The lowest BCUT2D eigenvalue weighted by Gasteiger charge is -2.41. The number of anilines is 1. The molecule has 0 saturated carbocycles. The fourth-order valence-electron chi connectivity index (χ4n) is 4.78. The molecule has 5 nitrogen and oxygen atoms in total. The number of hydrogen-bond acceptors (Lipinski definition) is 3. The van der Waals surface area contributed by atoms with Gasteiger partial charge in [0.25, 0.3) is 5.91 Å². The molecule has 4 rings (SSSR count). The van der Waals surface area contributed by atoms with E-state index in [-0.39, 0.29) is 38.0 Å². The number of benzene rings is 3. The van der Waals surface area contributed by atoms with Gasteiger partial charge in [0.05, 0.1) is 17.2 Å². The van der Waals surface area contributed by atoms with Gasteiger partial charge in [0, 0.05) is 51.1 Å². The van der Waals surface area contributed by atoms with E-state index in [4.69, 9.17) is 0 Å². The lowest BCUT2D eigenvalue weighted by molar-refractivity contribution is -0.143. The number of rotatable bonds is 6. The van der Waals surface area contributed by atoms with Crippen LogP contribution in [-0.4, -0.2) is 61.4 Å². The number of halogens is 6. The van der Waals surface area contributed by atoms with Crippen molar-refractivity contribution in [1.29, 1.82) is 0 Å². The first-order valence-corrected chi connectivity index (χ1v) is 13.1. The summed E-state index contributed by atoms with van der Waals surface area (Å²) >= 11 is 0. The maximum absolute atomic E-state index is 13.5. The monoisotopic (exact) mass is 589 g/mol. The summed E-state index contributed by atoms with van der Waals surface area (Å²) in [6.07, 6.45) is -6.85. The van der Waals surface area contributed by atoms with Crippen molar-refractivity contribution >= 4 is 23.6 Å². The number of carbonyl (C=O) groups excluding carboxylic acids is 2. The molecular weight excluding hydrogens is 560 g/mol. The highest BCUT2D eigenvalue weighted by atomic mass is 19.4. The first-order valence-electron chi connectivity index (χ1n) is 13.1. The molecule has 1 fully saturated rings. The molecule has 0 bridgehead atoms. The Balaban J connectivity index is 1.59. The van der Waals surface area contributed by atoms with Gasteiger partial charge in [-0.1, -0.05) is 42.5 Å². The van der Waals surface area contributed by atoms with Crippen LogP contribution in [-0.2, 0) is 23.6 Å². The molecule has 0 N–H and O–H groups in total. The average molecular weight is 590 g/mol. The quantitative estimate of drug-likeness (QED) is 0.247. The van der Waals surface area contributed by atoms with Crippen molar-refractivity contribution in [2.24, 2.45) is 0 Å². The van der Waals surface area contributed by atoms with E-state index in [2.05, 4.69) is 0 Å². The Hall–Kier alpha value is -4.28. The third-order valence-electron chi connectivity index (χ3n) is 7.03. The Bertz CT molecular complexity index is 1400. The molecule has 0 radical (unpaired) electrons. The minimum atomic E-state index is -5.08. The summed E-state index contributed by atoms with van der Waals surface area (Å²) in [6, 6.07) is 16.7. The molecule has 0 aliphatic carbocycles. The largest absolute Gasteiger partial charge is 0.416 e. The number of hydrogen-bond donors (Lipinski definition) is 0. The fraction of sp³-hybridized carbons (Fsp3) is 0.290. The van der Waals surface area contributed by atoms with Crippen molar-refractivity contribution in [3.05, 3.63) is 107 Å². The number of alkyl halides is 6. The summed E-state index contributed by atoms with van der Waals surface area (Å²) in [4.78, 5) is 31.3. The summed E-state index contributed by atoms with van der Waals surface area (Å²) in [5.41, 5.74) is -1.24. The Morgan fingerprint density at radius 1 is 0.857 bits per heavy atom. The minimum absolute atomic E-state index is 0.00474. The van der Waals surface area contributed by atoms with Gasteiger partial charge in [-0.15, -0.1) is 0 Å². The summed E-state index contributed by atoms with van der Waals surface area (Å²) in [5, 5.41) is 0. The summed E-state index contributed by atoms with van der Waals surface area (Å²) in [6.45, 7) is 0.0460. The molecular formula is C31H29F6N3O2. The van der Waals surface area contributed by atoms with Crippen molar-refractivity contribution in [2.75, 3.05) is 38.6 Å². The third kappa shape index (κ3) is 7.51. The predicted molar refractivity (Wildman–Crippen MR) is 148 cm³/mol. The van der Waals surface area contributed by atoms with Crippen molar-refractivity contribution in [3.8, 4) is 0 Å². The van der Waals surface area contributed by atoms with Gasteiger partial charge in [0.1, 0.15) is 0 Å². The van der Waals surface area contributed by atoms with Gasteiger partial charge < -0.3 is 14.7 Å². The number of amides is 2. The van der Waals surface area contributed by atoms with Crippen molar-refractivity contribution < 1.29 is 35.9 Å². The summed E-state index contributed by atoms with van der Waals surface area (Å²) in [7, 11) is 3.82. The van der Waals surface area contributed by atoms with Gasteiger partial charge in [-0.3, -0.25) is 9.59 Å². The zero-order chi connectivity index (χ0) is 30.7. The van der Waals surface area contributed by atoms with E-state index in [9.17, 15) is 35.9 Å². The van der Waals surface area contributed by atoms with E-state index in [0.717, 1.165) is 16.8 Å². The highest BCUT2D eigenvalue weighted by molar-refractivity contribution is 5.96. The van der Waals surface area contributed by atoms with Gasteiger partial charge in [0.2, 0.25) is 5.91 Å². The average Bonchev–Trinajstić information content (AvgIpc) is 2.95. The van der Waals surface area contributed by atoms with Crippen molar-refractivity contribution in [2.45, 2.75) is 24.8 Å². The Labute approximate surface area is 239 Å². The van der Waals surface area contributed by atoms with Crippen LogP contribution in [0, 0.1) is 0 Å². The molecule has 3 aromatic carbocycles. The highest BCUT2D eigenvalue weighted by Gasteiger charge is 2.39. The second-order valence-corrected chi connectivity index (χ2v) is 10.2. The van der Waals surface area contributed by atoms with Gasteiger partial charge in [-0.05, 0) is 54.0 Å². The van der Waals surface area contributed by atoms with E-state index in [1.807, 2.05) is 43.3 Å². The molecule has 0 spiro atoms. The van der Waals surface area contributed by atoms with Crippen LogP contribution in [0.3, 0.4) is 0 Å². The fourth-order valence-corrected chi connectivity index (χ4v) is 4.78. The zero-order valence-electron chi connectivity index (χ0n) is 22.9. The topological polar surface area (TPSA) is 43.9 Å². The molecule has 42 heavy (non-hydrogen) atoms. The second-order valence-electron chi connectivity index (χ2n) is 10.2. The molecule has 2 amide bonds. The highest BCUT2D eigenvalue weighted by Crippen LogP contribution is 2.37. The smallest absolute Gasteiger partial charge is 0.378 e. The van der Waals surface area contributed by atoms with E-state index in [1.165, 1.54) is 15.9 Å². The van der Waals surface area contributed by atoms with Crippen LogP contribution in [0.2, 0.25) is 0 Å². The lowest BCUT2D eigenvalue weighted by atomic mass is 9.99. The zero-order valence-corrected chi connectivity index (χ0v) is 22.9. The Morgan fingerprint density at radius 3 is 2.00 bits per heavy atom. The standard InChI is InChI=1S/C31H29F6N3O2/c1-38(2)26-11-8-21(9-12-26)10-13-28(41)39-14-15-40(27(20-39)16-22-6-4-3-5-7-22)29(42)23-17-24(30(32,33)34)19-25(18-23)31(35,36)37/h3-13,17-19,27H,14-16,20H2,1-2H3/b13-10+/t27-/m1/s1. The van der Waals surface area contributed by atoms with Crippen LogP contribution in [0.25, 0.3) is 6.08 Å². The van der Waals surface area contributed by atoms with Crippen LogP contribution in [0.5, 0.6) is 0 Å². The summed E-state index contributed by atoms with van der Waals surface area (Å²) < 4.78 is 80.7. The summed E-state index contributed by atoms with van der Waals surface area (Å²) in [5.74, 6) is -1.29. The van der Waals surface area contributed by atoms with E-state index >= 15 is 0 Å². The number of nitrogens with zero attached hydrogens (tertiary/aromatic N) is 3. The maximum Gasteiger partial charge on any atom is 0.416 e. The van der Waals surface area contributed by atoms with E-state index < -0.39 is 41.0 Å². The molecule has 1 atom stereocenters. The third-order valence-corrected chi connectivity index (χ3v) is 7.03. The van der Waals surface area contributed by atoms with Crippen molar-refractivity contribution in [3.63, 3.8) is 0 Å². The van der Waals surface area contributed by atoms with Crippen LogP contribution >= 0.6 is 0 Å².